The Kier molecular flexibility index (Phi) is 6.16. The molecule has 0 aliphatic heterocycles. The lowest BCUT2D eigenvalue weighted by Gasteiger charge is -2.35. The third kappa shape index (κ3) is 4.31. The van der Waals surface area contributed by atoms with Gasteiger partial charge in [-0.25, -0.2) is 4.31 Å². The summed E-state index contributed by atoms with van der Waals surface area (Å²) in [5, 5.41) is 0. The van der Waals surface area contributed by atoms with E-state index in [2.05, 4.69) is 58.8 Å². The van der Waals surface area contributed by atoms with Gasteiger partial charge >= 0.3 is 0 Å². The Hall–Kier alpha value is -1.43. The quantitative estimate of drug-likeness (QED) is 0.608. The Morgan fingerprint density at radius 2 is 1.96 bits per heavy atom. The fourth-order valence-corrected chi connectivity index (χ4v) is 4.73. The second-order valence-electron chi connectivity index (χ2n) is 5.49. The van der Waals surface area contributed by atoms with E-state index in [1.165, 1.54) is 0 Å². The van der Waals surface area contributed by atoms with Gasteiger partial charge in [0.15, 0.2) is 0 Å². The van der Waals surface area contributed by atoms with Crippen molar-refractivity contribution >= 4 is 33.8 Å². The monoisotopic (exact) mass is 348 g/mol. The van der Waals surface area contributed by atoms with Gasteiger partial charge < -0.3 is 4.74 Å². The molecule has 0 fully saturated rings. The van der Waals surface area contributed by atoms with Crippen LogP contribution in [0.4, 0.5) is 0 Å². The molecule has 2 aromatic rings. The third-order valence-electron chi connectivity index (χ3n) is 3.76. The average Bonchev–Trinajstić information content (AvgIpc) is 2.59. The molecule has 0 aliphatic rings. The lowest BCUT2D eigenvalue weighted by Crippen LogP contribution is -2.31. The second-order valence-corrected chi connectivity index (χ2v) is 8.48. The molecular formula is C18H24N2OS2. The van der Waals surface area contributed by atoms with E-state index in [1.807, 2.05) is 24.4 Å². The Morgan fingerprint density at radius 1 is 1.26 bits per heavy atom. The van der Waals surface area contributed by atoms with Crippen molar-refractivity contribution in [2.45, 2.75) is 24.4 Å². The average molecular weight is 349 g/mol. The number of rotatable bonds is 7. The molecule has 1 atom stereocenters. The molecule has 1 aromatic carbocycles. The topological polar surface area (TPSA) is 25.4 Å². The van der Waals surface area contributed by atoms with Crippen LogP contribution >= 0.6 is 22.0 Å². The van der Waals surface area contributed by atoms with Crippen LogP contribution in [0.15, 0.2) is 53.7 Å². The highest BCUT2D eigenvalue weighted by atomic mass is 32.2. The number of nitrogens with zero attached hydrogens (tertiary/aromatic N) is 2. The Balaban J connectivity index is 2.36. The molecule has 2 rings (SSSR count). The van der Waals surface area contributed by atoms with Crippen LogP contribution < -0.4 is 4.74 Å². The molecule has 0 amide bonds. The molecule has 0 bridgehead atoms. The van der Waals surface area contributed by atoms with Gasteiger partial charge in [-0.1, -0.05) is 17.8 Å². The van der Waals surface area contributed by atoms with Crippen molar-refractivity contribution in [3.63, 3.8) is 0 Å². The lowest BCUT2D eigenvalue weighted by molar-refractivity contribution is 0.393. The van der Waals surface area contributed by atoms with Gasteiger partial charge in [0.25, 0.3) is 0 Å². The van der Waals surface area contributed by atoms with Gasteiger partial charge in [-0.2, -0.15) is 12.6 Å². The van der Waals surface area contributed by atoms with Gasteiger partial charge in [-0.05, 0) is 42.8 Å². The van der Waals surface area contributed by atoms with Crippen LogP contribution in [0, 0.1) is 0 Å². The molecule has 1 aromatic heterocycles. The maximum Gasteiger partial charge on any atom is 0.118 e. The maximum absolute atomic E-state index is 5.24. The predicted molar refractivity (Wildman–Crippen MR) is 106 cm³/mol. The van der Waals surface area contributed by atoms with Crippen LogP contribution in [0.1, 0.15) is 12.5 Å². The van der Waals surface area contributed by atoms with Crippen LogP contribution in [0.3, 0.4) is 0 Å². The lowest BCUT2D eigenvalue weighted by atomic mass is 10.2. The first-order valence-electron chi connectivity index (χ1n) is 7.39. The molecular weight excluding hydrogens is 324 g/mol. The third-order valence-corrected chi connectivity index (χ3v) is 6.83. The van der Waals surface area contributed by atoms with Crippen LogP contribution in [0.2, 0.25) is 0 Å². The molecule has 1 heterocycles. The number of pyridine rings is 1. The zero-order chi connectivity index (χ0) is 16.9. The van der Waals surface area contributed by atoms with Gasteiger partial charge in [0, 0.05) is 35.6 Å². The van der Waals surface area contributed by atoms with E-state index in [0.717, 1.165) is 28.5 Å². The first-order valence-corrected chi connectivity index (χ1v) is 9.95. The zero-order valence-electron chi connectivity index (χ0n) is 13.7. The minimum absolute atomic E-state index is 0.255. The van der Waals surface area contributed by atoms with E-state index in [9.17, 15) is 0 Å². The van der Waals surface area contributed by atoms with Crippen molar-refractivity contribution in [2.75, 3.05) is 12.9 Å². The summed E-state index contributed by atoms with van der Waals surface area (Å²) < 4.78 is 7.57. The summed E-state index contributed by atoms with van der Waals surface area (Å²) in [5.74, 6) is 10.5. The second kappa shape index (κ2) is 7.90. The molecule has 0 radical (unpaired) electrons. The highest BCUT2D eigenvalue weighted by Gasteiger charge is 2.19. The summed E-state index contributed by atoms with van der Waals surface area (Å²) in [7, 11) is 0.0334. The number of methoxy groups -OCH3 is 1. The Bertz CT molecular complexity index is 712. The standard InChI is InChI=1S/C18H24N2OS2/c1-15(14-22)20(13-16-6-5-11-19-12-16)23(3,4)18-9-7-17(21-2)8-10-18/h5-12,15,22H,3-4,13-14H2,1-2H3/t15-/m1/s1. The summed E-state index contributed by atoms with van der Waals surface area (Å²) in [6.45, 7) is 2.91. The molecule has 0 N–H and O–H groups in total. The first-order chi connectivity index (χ1) is 11.0. The van der Waals surface area contributed by atoms with Crippen molar-refractivity contribution < 1.29 is 4.74 Å². The van der Waals surface area contributed by atoms with Gasteiger partial charge in [-0.15, -0.1) is 9.39 Å². The van der Waals surface area contributed by atoms with Crippen molar-refractivity contribution in [1.29, 1.82) is 0 Å². The van der Waals surface area contributed by atoms with E-state index >= 15 is 0 Å². The number of benzene rings is 1. The number of thiol groups is 1. The minimum Gasteiger partial charge on any atom is -0.497 e. The van der Waals surface area contributed by atoms with E-state index in [1.54, 1.807) is 13.3 Å². The minimum atomic E-state index is -1.63. The van der Waals surface area contributed by atoms with E-state index in [-0.39, 0.29) is 6.04 Å². The van der Waals surface area contributed by atoms with E-state index in [0.29, 0.717) is 0 Å². The fraction of sp³-hybridized carbons (Fsp3) is 0.278. The van der Waals surface area contributed by atoms with Gasteiger partial charge in [0.2, 0.25) is 0 Å². The highest BCUT2D eigenvalue weighted by molar-refractivity contribution is 8.25. The van der Waals surface area contributed by atoms with E-state index < -0.39 is 9.39 Å². The normalized spacial score (nSPS) is 13.0. The molecule has 3 nitrogen and oxygen atoms in total. The summed E-state index contributed by atoms with van der Waals surface area (Å²) in [6, 6.07) is 12.3. The highest BCUT2D eigenvalue weighted by Crippen LogP contribution is 2.39. The van der Waals surface area contributed by atoms with Crippen molar-refractivity contribution in [1.82, 2.24) is 9.29 Å². The van der Waals surface area contributed by atoms with Crippen molar-refractivity contribution in [3.05, 3.63) is 54.4 Å². The van der Waals surface area contributed by atoms with Gasteiger partial charge in [-0.3, -0.25) is 4.98 Å². The molecule has 23 heavy (non-hydrogen) atoms. The molecule has 0 spiro atoms. The van der Waals surface area contributed by atoms with Crippen LogP contribution in [-0.4, -0.2) is 39.9 Å². The Labute approximate surface area is 145 Å². The van der Waals surface area contributed by atoms with Gasteiger partial charge in [0.05, 0.1) is 7.11 Å². The summed E-state index contributed by atoms with van der Waals surface area (Å²) in [4.78, 5) is 5.33. The summed E-state index contributed by atoms with van der Waals surface area (Å²) in [5.41, 5.74) is 1.15. The largest absolute Gasteiger partial charge is 0.497 e. The zero-order valence-corrected chi connectivity index (χ0v) is 15.4. The van der Waals surface area contributed by atoms with Crippen molar-refractivity contribution in [3.8, 4) is 5.75 Å². The molecule has 0 unspecified atom stereocenters. The van der Waals surface area contributed by atoms with Gasteiger partial charge in [0.1, 0.15) is 5.75 Å². The number of ether oxygens (including phenoxy) is 1. The van der Waals surface area contributed by atoms with Crippen LogP contribution in [-0.2, 0) is 6.54 Å². The van der Waals surface area contributed by atoms with Crippen molar-refractivity contribution in [2.24, 2.45) is 0 Å². The summed E-state index contributed by atoms with van der Waals surface area (Å²) in [6.07, 6.45) is 3.68. The van der Waals surface area contributed by atoms with Crippen LogP contribution in [0.25, 0.3) is 0 Å². The fourth-order valence-electron chi connectivity index (χ4n) is 2.35. The summed E-state index contributed by atoms with van der Waals surface area (Å²) >= 11 is 4.48. The number of hydrogen-bond acceptors (Lipinski definition) is 4. The molecule has 0 aliphatic carbocycles. The SMILES string of the molecule is C=S(=C)(c1ccc(OC)cc1)N(Cc1cccnc1)[C@H](C)CS. The molecule has 0 saturated heterocycles. The van der Waals surface area contributed by atoms with E-state index in [4.69, 9.17) is 4.74 Å². The van der Waals surface area contributed by atoms with Crippen LogP contribution in [0.5, 0.6) is 5.75 Å². The smallest absolute Gasteiger partial charge is 0.118 e. The molecule has 5 heteroatoms. The number of hydrogen-bond donors (Lipinski definition) is 1. The Morgan fingerprint density at radius 3 is 2.48 bits per heavy atom. The first kappa shape index (κ1) is 17.9. The predicted octanol–water partition coefficient (Wildman–Crippen LogP) is 3.85. The molecule has 124 valence electrons. The maximum atomic E-state index is 5.24. The number of aromatic nitrogens is 1. The molecule has 0 saturated carbocycles.